The van der Waals surface area contributed by atoms with E-state index in [0.29, 0.717) is 13.1 Å². The molecule has 0 fully saturated rings. The molecule has 5 nitrogen and oxygen atoms in total. The van der Waals surface area contributed by atoms with Gasteiger partial charge in [-0.15, -0.1) is 0 Å². The zero-order chi connectivity index (χ0) is 10.5. The van der Waals surface area contributed by atoms with Crippen molar-refractivity contribution in [3.63, 3.8) is 0 Å². The van der Waals surface area contributed by atoms with Crippen molar-refractivity contribution in [1.29, 1.82) is 0 Å². The summed E-state index contributed by atoms with van der Waals surface area (Å²) in [6.45, 7) is 6.00. The summed E-state index contributed by atoms with van der Waals surface area (Å²) < 4.78 is 26.4. The van der Waals surface area contributed by atoms with Gasteiger partial charge in [-0.3, -0.25) is 0 Å². The summed E-state index contributed by atoms with van der Waals surface area (Å²) in [4.78, 5) is 0. The van der Waals surface area contributed by atoms with Crippen LogP contribution >= 0.6 is 0 Å². The molecule has 0 amide bonds. The highest BCUT2D eigenvalue weighted by Crippen LogP contribution is 1.96. The van der Waals surface area contributed by atoms with Crippen LogP contribution in [0.25, 0.3) is 0 Å². The molecule has 80 valence electrons. The predicted molar refractivity (Wildman–Crippen MR) is 51.5 cm³/mol. The van der Waals surface area contributed by atoms with E-state index in [4.69, 9.17) is 5.11 Å². The lowest BCUT2D eigenvalue weighted by atomic mass is 10.4. The molecule has 0 saturated carbocycles. The van der Waals surface area contributed by atoms with E-state index in [-0.39, 0.29) is 6.54 Å². The van der Waals surface area contributed by atoms with Gasteiger partial charge >= 0.3 is 0 Å². The van der Waals surface area contributed by atoms with Crippen LogP contribution in [0, 0.1) is 0 Å². The van der Waals surface area contributed by atoms with Crippen LogP contribution in [0.5, 0.6) is 0 Å². The molecule has 0 spiro atoms. The van der Waals surface area contributed by atoms with E-state index in [1.807, 2.05) is 0 Å². The molecule has 2 N–H and O–H groups in total. The Hall–Kier alpha value is -0.170. The van der Waals surface area contributed by atoms with Gasteiger partial charge in [-0.2, -0.15) is 17.4 Å². The molecule has 0 heterocycles. The molecule has 1 unspecified atom stereocenters. The van der Waals surface area contributed by atoms with Gasteiger partial charge in [0.25, 0.3) is 10.2 Å². The van der Waals surface area contributed by atoms with Crippen LogP contribution < -0.4 is 4.72 Å². The fraction of sp³-hybridized carbons (Fsp3) is 1.00. The Morgan fingerprint density at radius 2 is 1.85 bits per heavy atom. The Kier molecular flexibility index (Phi) is 5.46. The lowest BCUT2D eigenvalue weighted by molar-refractivity contribution is 0.197. The highest BCUT2D eigenvalue weighted by atomic mass is 32.2. The number of hydrogen-bond acceptors (Lipinski definition) is 3. The molecule has 0 aromatic carbocycles. The molecule has 0 saturated heterocycles. The van der Waals surface area contributed by atoms with Crippen molar-refractivity contribution >= 4 is 10.2 Å². The van der Waals surface area contributed by atoms with Crippen molar-refractivity contribution in [2.75, 3.05) is 19.6 Å². The van der Waals surface area contributed by atoms with Gasteiger partial charge in [0.2, 0.25) is 0 Å². The Morgan fingerprint density at radius 3 is 2.15 bits per heavy atom. The van der Waals surface area contributed by atoms with Crippen LogP contribution in [0.3, 0.4) is 0 Å². The van der Waals surface area contributed by atoms with Crippen LogP contribution in [0.4, 0.5) is 0 Å². The Bertz CT molecular complexity index is 222. The minimum Gasteiger partial charge on any atom is -0.392 e. The molecule has 0 aliphatic carbocycles. The first kappa shape index (κ1) is 12.8. The molecule has 0 aliphatic heterocycles. The summed E-state index contributed by atoms with van der Waals surface area (Å²) in [7, 11) is -3.39. The molecule has 0 rings (SSSR count). The molecule has 0 bridgehead atoms. The van der Waals surface area contributed by atoms with Gasteiger partial charge in [-0.1, -0.05) is 13.8 Å². The fourth-order valence-corrected chi connectivity index (χ4v) is 2.19. The molecule has 13 heavy (non-hydrogen) atoms. The first-order valence-electron chi connectivity index (χ1n) is 4.36. The average Bonchev–Trinajstić information content (AvgIpc) is 2.03. The second kappa shape index (κ2) is 5.54. The maximum atomic E-state index is 11.4. The smallest absolute Gasteiger partial charge is 0.279 e. The monoisotopic (exact) mass is 210 g/mol. The van der Waals surface area contributed by atoms with E-state index in [0.717, 1.165) is 0 Å². The first-order chi connectivity index (χ1) is 5.94. The average molecular weight is 210 g/mol. The third kappa shape index (κ3) is 4.56. The van der Waals surface area contributed by atoms with Gasteiger partial charge in [0.15, 0.2) is 0 Å². The van der Waals surface area contributed by atoms with E-state index in [1.54, 1.807) is 13.8 Å². The van der Waals surface area contributed by atoms with E-state index in [2.05, 4.69) is 4.72 Å². The topological polar surface area (TPSA) is 69.6 Å². The lowest BCUT2D eigenvalue weighted by Crippen LogP contribution is -2.42. The van der Waals surface area contributed by atoms with Crippen molar-refractivity contribution in [2.24, 2.45) is 0 Å². The summed E-state index contributed by atoms with van der Waals surface area (Å²) >= 11 is 0. The number of nitrogens with zero attached hydrogens (tertiary/aromatic N) is 1. The summed E-state index contributed by atoms with van der Waals surface area (Å²) in [5.74, 6) is 0. The Labute approximate surface area is 79.9 Å². The molecule has 0 radical (unpaired) electrons. The largest absolute Gasteiger partial charge is 0.392 e. The second-order valence-corrected chi connectivity index (χ2v) is 4.54. The lowest BCUT2D eigenvalue weighted by Gasteiger charge is -2.19. The summed E-state index contributed by atoms with van der Waals surface area (Å²) in [5, 5.41) is 8.90. The van der Waals surface area contributed by atoms with Crippen molar-refractivity contribution in [3.8, 4) is 0 Å². The number of rotatable bonds is 6. The van der Waals surface area contributed by atoms with Gasteiger partial charge in [0, 0.05) is 19.6 Å². The van der Waals surface area contributed by atoms with Crippen LogP contribution in [0.15, 0.2) is 0 Å². The Balaban J connectivity index is 4.22. The molecule has 0 aromatic rings. The first-order valence-corrected chi connectivity index (χ1v) is 5.80. The molecule has 0 aliphatic rings. The van der Waals surface area contributed by atoms with E-state index in [1.165, 1.54) is 11.2 Å². The van der Waals surface area contributed by atoms with Gasteiger partial charge in [-0.05, 0) is 6.92 Å². The van der Waals surface area contributed by atoms with E-state index < -0.39 is 16.3 Å². The standard InChI is InChI=1S/C7H18N2O3S/c1-4-9(5-2)13(11,12)8-6-7(3)10/h7-8,10H,4-6H2,1-3H3. The summed E-state index contributed by atoms with van der Waals surface area (Å²) in [6.07, 6.45) is -0.662. The maximum Gasteiger partial charge on any atom is 0.279 e. The van der Waals surface area contributed by atoms with Crippen molar-refractivity contribution < 1.29 is 13.5 Å². The van der Waals surface area contributed by atoms with Crippen molar-refractivity contribution in [2.45, 2.75) is 26.9 Å². The van der Waals surface area contributed by atoms with Crippen LogP contribution in [0.2, 0.25) is 0 Å². The van der Waals surface area contributed by atoms with Crippen LogP contribution in [-0.4, -0.2) is 43.6 Å². The van der Waals surface area contributed by atoms with Crippen LogP contribution in [0.1, 0.15) is 20.8 Å². The van der Waals surface area contributed by atoms with Crippen molar-refractivity contribution in [3.05, 3.63) is 0 Å². The number of aliphatic hydroxyl groups is 1. The molecule has 0 aromatic heterocycles. The quantitative estimate of drug-likeness (QED) is 0.623. The minimum atomic E-state index is -3.39. The van der Waals surface area contributed by atoms with Gasteiger partial charge < -0.3 is 5.11 Å². The molecular formula is C7H18N2O3S. The zero-order valence-corrected chi connectivity index (χ0v) is 9.13. The number of aliphatic hydroxyl groups excluding tert-OH is 1. The maximum absolute atomic E-state index is 11.4. The fourth-order valence-electron chi connectivity index (χ4n) is 0.881. The SMILES string of the molecule is CCN(CC)S(=O)(=O)NCC(C)O. The highest BCUT2D eigenvalue weighted by molar-refractivity contribution is 7.87. The molecule has 6 heteroatoms. The van der Waals surface area contributed by atoms with Crippen LogP contribution in [-0.2, 0) is 10.2 Å². The predicted octanol–water partition coefficient (Wildman–Crippen LogP) is -0.457. The highest BCUT2D eigenvalue weighted by Gasteiger charge is 2.17. The molecular weight excluding hydrogens is 192 g/mol. The summed E-state index contributed by atoms with van der Waals surface area (Å²) in [5.41, 5.74) is 0. The summed E-state index contributed by atoms with van der Waals surface area (Å²) in [6, 6.07) is 0. The zero-order valence-electron chi connectivity index (χ0n) is 8.32. The number of hydrogen-bond donors (Lipinski definition) is 2. The third-order valence-electron chi connectivity index (χ3n) is 1.61. The van der Waals surface area contributed by atoms with Crippen molar-refractivity contribution in [1.82, 2.24) is 9.03 Å². The third-order valence-corrected chi connectivity index (χ3v) is 3.33. The normalized spacial score (nSPS) is 14.8. The van der Waals surface area contributed by atoms with Gasteiger partial charge in [-0.25, -0.2) is 0 Å². The number of nitrogens with one attached hydrogen (secondary N) is 1. The van der Waals surface area contributed by atoms with E-state index >= 15 is 0 Å². The van der Waals surface area contributed by atoms with E-state index in [9.17, 15) is 8.42 Å². The molecule has 1 atom stereocenters. The van der Waals surface area contributed by atoms with Gasteiger partial charge in [0.1, 0.15) is 0 Å². The Morgan fingerprint density at radius 1 is 1.38 bits per heavy atom. The second-order valence-electron chi connectivity index (χ2n) is 2.79. The minimum absolute atomic E-state index is 0.0544. The van der Waals surface area contributed by atoms with Gasteiger partial charge in [0.05, 0.1) is 6.10 Å².